The summed E-state index contributed by atoms with van der Waals surface area (Å²) in [5, 5.41) is 3.98. The number of aryl methyl sites for hydroxylation is 1. The van der Waals surface area contributed by atoms with Crippen LogP contribution < -0.4 is 5.73 Å². The highest BCUT2D eigenvalue weighted by Gasteiger charge is 2.00. The molecule has 0 spiro atoms. The van der Waals surface area contributed by atoms with Crippen LogP contribution in [0.4, 0.5) is 5.69 Å². The Morgan fingerprint density at radius 2 is 2.60 bits per heavy atom. The van der Waals surface area contributed by atoms with Crippen molar-refractivity contribution in [2.45, 2.75) is 6.42 Å². The first-order chi connectivity index (χ1) is 4.75. The van der Waals surface area contributed by atoms with Crippen LogP contribution in [-0.4, -0.2) is 9.78 Å². The summed E-state index contributed by atoms with van der Waals surface area (Å²) >= 11 is 0. The molecule has 0 saturated carbocycles. The van der Waals surface area contributed by atoms with Crippen molar-refractivity contribution < 1.29 is 0 Å². The summed E-state index contributed by atoms with van der Waals surface area (Å²) in [5.41, 5.74) is 7.36. The van der Waals surface area contributed by atoms with Crippen LogP contribution in [0.2, 0.25) is 0 Å². The van der Waals surface area contributed by atoms with Crippen molar-refractivity contribution in [1.82, 2.24) is 9.78 Å². The van der Waals surface area contributed by atoms with E-state index in [1.807, 2.05) is 13.1 Å². The van der Waals surface area contributed by atoms with Gasteiger partial charge in [0.25, 0.3) is 0 Å². The molecule has 0 saturated heterocycles. The van der Waals surface area contributed by atoms with Crippen molar-refractivity contribution in [1.29, 1.82) is 0 Å². The fourth-order valence-corrected chi connectivity index (χ4v) is 0.867. The molecule has 0 fully saturated rings. The molecule has 3 nitrogen and oxygen atoms in total. The largest absolute Gasteiger partial charge is 0.396 e. The summed E-state index contributed by atoms with van der Waals surface area (Å²) in [5.74, 6) is 0. The predicted molar refractivity (Wildman–Crippen MR) is 41.5 cm³/mol. The van der Waals surface area contributed by atoms with E-state index in [9.17, 15) is 0 Å². The minimum Gasteiger partial charge on any atom is -0.396 e. The Balaban J connectivity index is 2.97. The fourth-order valence-electron chi connectivity index (χ4n) is 0.867. The molecule has 0 aliphatic rings. The highest BCUT2D eigenvalue weighted by atomic mass is 15.3. The predicted octanol–water partition coefficient (Wildman–Crippen LogP) is 0.731. The van der Waals surface area contributed by atoms with E-state index < -0.39 is 0 Å². The lowest BCUT2D eigenvalue weighted by atomic mass is 10.3. The molecule has 3 heteroatoms. The molecule has 0 aliphatic heterocycles. The van der Waals surface area contributed by atoms with Gasteiger partial charge < -0.3 is 5.73 Å². The maximum atomic E-state index is 5.60. The van der Waals surface area contributed by atoms with Crippen molar-refractivity contribution in [2.24, 2.45) is 7.05 Å². The number of hydrogen-bond acceptors (Lipinski definition) is 2. The van der Waals surface area contributed by atoms with Gasteiger partial charge in [-0.05, 0) is 0 Å². The molecule has 0 amide bonds. The van der Waals surface area contributed by atoms with Gasteiger partial charge in [-0.25, -0.2) is 0 Å². The van der Waals surface area contributed by atoms with Crippen LogP contribution in [0.5, 0.6) is 0 Å². The number of nitrogens with two attached hydrogens (primary N) is 1. The molecule has 1 heterocycles. The molecule has 1 rings (SSSR count). The number of anilines is 1. The Kier molecular flexibility index (Phi) is 1.76. The van der Waals surface area contributed by atoms with Crippen molar-refractivity contribution >= 4 is 5.69 Å². The first kappa shape index (κ1) is 6.86. The van der Waals surface area contributed by atoms with E-state index in [4.69, 9.17) is 5.73 Å². The lowest BCUT2D eigenvalue weighted by Crippen LogP contribution is -1.98. The lowest BCUT2D eigenvalue weighted by molar-refractivity contribution is 0.728. The van der Waals surface area contributed by atoms with E-state index in [0.29, 0.717) is 0 Å². The zero-order valence-corrected chi connectivity index (χ0v) is 6.04. The molecule has 2 N–H and O–H groups in total. The van der Waals surface area contributed by atoms with E-state index in [1.165, 1.54) is 0 Å². The van der Waals surface area contributed by atoms with Crippen molar-refractivity contribution in [3.8, 4) is 0 Å². The quantitative estimate of drug-likeness (QED) is 0.611. The molecule has 0 radical (unpaired) electrons. The third-order valence-electron chi connectivity index (χ3n) is 1.43. The van der Waals surface area contributed by atoms with Gasteiger partial charge in [0, 0.05) is 13.5 Å². The van der Waals surface area contributed by atoms with Gasteiger partial charge in [0.2, 0.25) is 0 Å². The lowest BCUT2D eigenvalue weighted by Gasteiger charge is -1.97. The van der Waals surface area contributed by atoms with Crippen LogP contribution in [0.1, 0.15) is 5.69 Å². The van der Waals surface area contributed by atoms with Gasteiger partial charge in [0.15, 0.2) is 0 Å². The van der Waals surface area contributed by atoms with Crippen LogP contribution in [0.15, 0.2) is 18.9 Å². The van der Waals surface area contributed by atoms with Crippen molar-refractivity contribution in [3.63, 3.8) is 0 Å². The fraction of sp³-hybridized carbons (Fsp3) is 0.286. The SMILES string of the molecule is C=CCc1c(N)cnn1C. The first-order valence-corrected chi connectivity index (χ1v) is 3.13. The third kappa shape index (κ3) is 1.03. The number of aromatic nitrogens is 2. The second-order valence-corrected chi connectivity index (χ2v) is 2.16. The van der Waals surface area contributed by atoms with Gasteiger partial charge in [0.1, 0.15) is 0 Å². The summed E-state index contributed by atoms with van der Waals surface area (Å²) in [6, 6.07) is 0. The topological polar surface area (TPSA) is 43.8 Å². The number of nitrogen functional groups attached to an aromatic ring is 1. The Morgan fingerprint density at radius 3 is 3.00 bits per heavy atom. The molecule has 0 atom stereocenters. The van der Waals surface area contributed by atoms with Crippen molar-refractivity contribution in [3.05, 3.63) is 24.5 Å². The molecule has 0 unspecified atom stereocenters. The summed E-state index contributed by atoms with van der Waals surface area (Å²) < 4.78 is 1.76. The first-order valence-electron chi connectivity index (χ1n) is 3.13. The smallest absolute Gasteiger partial charge is 0.0736 e. The molecule has 1 aromatic rings. The molecule has 0 bridgehead atoms. The molecule has 54 valence electrons. The molecule has 0 aromatic carbocycles. The number of hydrogen-bond donors (Lipinski definition) is 1. The normalized spacial score (nSPS) is 9.70. The maximum absolute atomic E-state index is 5.60. The van der Waals surface area contributed by atoms with Gasteiger partial charge >= 0.3 is 0 Å². The summed E-state index contributed by atoms with van der Waals surface area (Å²) in [6.45, 7) is 3.62. The Morgan fingerprint density at radius 1 is 1.90 bits per heavy atom. The monoisotopic (exact) mass is 137 g/mol. The van der Waals surface area contributed by atoms with Gasteiger partial charge in [-0.15, -0.1) is 6.58 Å². The van der Waals surface area contributed by atoms with E-state index in [2.05, 4.69) is 11.7 Å². The van der Waals surface area contributed by atoms with Crippen LogP contribution in [0.3, 0.4) is 0 Å². The summed E-state index contributed by atoms with van der Waals surface area (Å²) in [6.07, 6.45) is 4.24. The minimum absolute atomic E-state index is 0.738. The molecular weight excluding hydrogens is 126 g/mol. The second-order valence-electron chi connectivity index (χ2n) is 2.16. The van der Waals surface area contributed by atoms with Gasteiger partial charge in [0.05, 0.1) is 17.6 Å². The second kappa shape index (κ2) is 2.56. The Bertz CT molecular complexity index is 217. The molecule has 10 heavy (non-hydrogen) atoms. The van der Waals surface area contributed by atoms with E-state index in [1.54, 1.807) is 10.9 Å². The molecular formula is C7H11N3. The summed E-state index contributed by atoms with van der Waals surface area (Å²) in [7, 11) is 1.87. The third-order valence-corrected chi connectivity index (χ3v) is 1.43. The number of rotatable bonds is 2. The standard InChI is InChI=1S/C7H11N3/c1-3-4-7-6(8)5-9-10(7)2/h3,5H,1,4,8H2,2H3. The maximum Gasteiger partial charge on any atom is 0.0736 e. The zero-order chi connectivity index (χ0) is 7.56. The van der Waals surface area contributed by atoms with E-state index >= 15 is 0 Å². The minimum atomic E-state index is 0.738. The number of nitrogens with zero attached hydrogens (tertiary/aromatic N) is 2. The van der Waals surface area contributed by atoms with Crippen molar-refractivity contribution in [2.75, 3.05) is 5.73 Å². The van der Waals surface area contributed by atoms with Gasteiger partial charge in [-0.1, -0.05) is 6.08 Å². The Hall–Kier alpha value is -1.25. The summed E-state index contributed by atoms with van der Waals surface area (Å²) in [4.78, 5) is 0. The number of allylic oxidation sites excluding steroid dienone is 1. The zero-order valence-electron chi connectivity index (χ0n) is 6.04. The van der Waals surface area contributed by atoms with Gasteiger partial charge in [-0.3, -0.25) is 4.68 Å². The molecule has 1 aromatic heterocycles. The average Bonchev–Trinajstić information content (AvgIpc) is 2.20. The van der Waals surface area contributed by atoms with Crippen LogP contribution in [0.25, 0.3) is 0 Å². The van der Waals surface area contributed by atoms with E-state index in [-0.39, 0.29) is 0 Å². The van der Waals surface area contributed by atoms with E-state index in [0.717, 1.165) is 17.8 Å². The highest BCUT2D eigenvalue weighted by molar-refractivity contribution is 5.41. The van der Waals surface area contributed by atoms with Crippen LogP contribution >= 0.6 is 0 Å². The average molecular weight is 137 g/mol. The Labute approximate surface area is 60.1 Å². The van der Waals surface area contributed by atoms with Crippen LogP contribution in [0, 0.1) is 0 Å². The van der Waals surface area contributed by atoms with Gasteiger partial charge in [-0.2, -0.15) is 5.10 Å². The van der Waals surface area contributed by atoms with Crippen LogP contribution in [-0.2, 0) is 13.5 Å². The molecule has 0 aliphatic carbocycles. The highest BCUT2D eigenvalue weighted by Crippen LogP contribution is 2.09.